The van der Waals surface area contributed by atoms with Crippen molar-refractivity contribution >= 4 is 5.97 Å². The number of rotatable bonds is 5. The third-order valence-electron chi connectivity index (χ3n) is 2.84. The predicted octanol–water partition coefficient (Wildman–Crippen LogP) is 2.00. The molecular weight excluding hydrogens is 202 g/mol. The Hall–Kier alpha value is -1.09. The lowest BCUT2D eigenvalue weighted by molar-refractivity contribution is -0.147. The van der Waals surface area contributed by atoms with Gasteiger partial charge in [0.05, 0.1) is 7.11 Å². The van der Waals surface area contributed by atoms with Crippen LogP contribution < -0.4 is 0 Å². The van der Waals surface area contributed by atoms with Crippen LogP contribution in [-0.2, 0) is 9.53 Å². The molecule has 1 atom stereocenters. The molecule has 0 fully saturated rings. The van der Waals surface area contributed by atoms with E-state index in [9.17, 15) is 4.79 Å². The second-order valence-corrected chi connectivity index (χ2v) is 4.58. The quantitative estimate of drug-likeness (QED) is 0.668. The zero-order chi connectivity index (χ0) is 12.1. The van der Waals surface area contributed by atoms with Crippen LogP contribution in [-0.4, -0.2) is 37.1 Å². The molecule has 0 spiro atoms. The summed E-state index contributed by atoms with van der Waals surface area (Å²) in [5.41, 5.74) is 1.19. The van der Waals surface area contributed by atoms with Crippen molar-refractivity contribution in [2.45, 2.75) is 26.3 Å². The summed E-state index contributed by atoms with van der Waals surface area (Å²) in [5, 5.41) is 0. The second-order valence-electron chi connectivity index (χ2n) is 4.58. The van der Waals surface area contributed by atoms with E-state index in [1.165, 1.54) is 12.7 Å². The van der Waals surface area contributed by atoms with E-state index in [1.54, 1.807) is 0 Å². The van der Waals surface area contributed by atoms with Crippen LogP contribution in [0.3, 0.4) is 0 Å². The van der Waals surface area contributed by atoms with Crippen molar-refractivity contribution in [1.82, 2.24) is 4.90 Å². The number of ether oxygens (including phenoxy) is 1. The minimum Gasteiger partial charge on any atom is -0.468 e. The Kier molecular flexibility index (Phi) is 4.74. The van der Waals surface area contributed by atoms with Crippen molar-refractivity contribution in [2.75, 3.05) is 20.2 Å². The van der Waals surface area contributed by atoms with E-state index in [2.05, 4.69) is 31.4 Å². The fraction of sp³-hybridized carbons (Fsp3) is 0.615. The van der Waals surface area contributed by atoms with E-state index in [-0.39, 0.29) is 12.0 Å². The summed E-state index contributed by atoms with van der Waals surface area (Å²) in [6.07, 6.45) is 4.80. The van der Waals surface area contributed by atoms with Crippen LogP contribution in [0.15, 0.2) is 24.3 Å². The molecule has 0 N–H and O–H groups in total. The molecule has 3 nitrogen and oxygen atoms in total. The molecule has 0 amide bonds. The molecule has 0 aliphatic carbocycles. The van der Waals surface area contributed by atoms with Crippen LogP contribution in [0.5, 0.6) is 0 Å². The average molecular weight is 223 g/mol. The molecule has 0 radical (unpaired) electrons. The minimum absolute atomic E-state index is 0.126. The molecule has 1 aliphatic heterocycles. The Bertz CT molecular complexity index is 294. The van der Waals surface area contributed by atoms with E-state index < -0.39 is 0 Å². The van der Waals surface area contributed by atoms with Gasteiger partial charge in [0.25, 0.3) is 0 Å². The van der Waals surface area contributed by atoms with E-state index in [0.717, 1.165) is 19.5 Å². The average Bonchev–Trinajstić information content (AvgIpc) is 2.72. The molecule has 0 saturated carbocycles. The van der Waals surface area contributed by atoms with Gasteiger partial charge in [-0.05, 0) is 17.9 Å². The van der Waals surface area contributed by atoms with Gasteiger partial charge in [-0.3, -0.25) is 9.69 Å². The maximum absolute atomic E-state index is 11.7. The fourth-order valence-electron chi connectivity index (χ4n) is 1.96. The Morgan fingerprint density at radius 3 is 2.81 bits per heavy atom. The van der Waals surface area contributed by atoms with Crippen molar-refractivity contribution in [3.63, 3.8) is 0 Å². The monoisotopic (exact) mass is 223 g/mol. The highest BCUT2D eigenvalue weighted by Crippen LogP contribution is 2.19. The van der Waals surface area contributed by atoms with E-state index in [4.69, 9.17) is 4.74 Å². The molecule has 0 aromatic heterocycles. The first-order valence-corrected chi connectivity index (χ1v) is 5.71. The third kappa shape index (κ3) is 3.20. The normalized spacial score (nSPS) is 18.4. The van der Waals surface area contributed by atoms with Crippen molar-refractivity contribution < 1.29 is 9.53 Å². The lowest BCUT2D eigenvalue weighted by atomic mass is 10.0. The summed E-state index contributed by atoms with van der Waals surface area (Å²) in [7, 11) is 1.45. The maximum Gasteiger partial charge on any atom is 0.323 e. The molecule has 16 heavy (non-hydrogen) atoms. The molecule has 3 heteroatoms. The smallest absolute Gasteiger partial charge is 0.323 e. The molecule has 1 heterocycles. The number of hydrogen-bond acceptors (Lipinski definition) is 3. The minimum atomic E-state index is -0.132. The van der Waals surface area contributed by atoms with Gasteiger partial charge in [-0.25, -0.2) is 0 Å². The van der Waals surface area contributed by atoms with Crippen molar-refractivity contribution in [3.8, 4) is 0 Å². The highest BCUT2D eigenvalue weighted by Gasteiger charge is 2.29. The van der Waals surface area contributed by atoms with Crippen LogP contribution in [0.25, 0.3) is 0 Å². The van der Waals surface area contributed by atoms with Crippen LogP contribution >= 0.6 is 0 Å². The number of carbonyl (C=O) groups excluding carboxylic acids is 1. The standard InChI is InChI=1S/C13H21NO2/c1-5-11-6-7-14(9-11)12(8-10(2)3)13(15)16-4/h5-6,10,12H,1,7-9H2,2-4H3. The Morgan fingerprint density at radius 2 is 2.38 bits per heavy atom. The molecule has 0 aromatic rings. The molecule has 0 bridgehead atoms. The van der Waals surface area contributed by atoms with Gasteiger partial charge in [-0.2, -0.15) is 0 Å². The summed E-state index contributed by atoms with van der Waals surface area (Å²) in [6.45, 7) is 9.60. The summed E-state index contributed by atoms with van der Waals surface area (Å²) >= 11 is 0. The van der Waals surface area contributed by atoms with Crippen molar-refractivity contribution in [1.29, 1.82) is 0 Å². The van der Waals surface area contributed by atoms with E-state index in [1.807, 2.05) is 6.08 Å². The molecule has 1 unspecified atom stereocenters. The second kappa shape index (κ2) is 5.85. The Morgan fingerprint density at radius 1 is 1.69 bits per heavy atom. The molecular formula is C13H21NO2. The van der Waals surface area contributed by atoms with Gasteiger partial charge in [0, 0.05) is 13.1 Å². The summed E-state index contributed by atoms with van der Waals surface area (Å²) in [5.74, 6) is 0.351. The van der Waals surface area contributed by atoms with Gasteiger partial charge in [0.15, 0.2) is 0 Å². The lowest BCUT2D eigenvalue weighted by Crippen LogP contribution is -2.41. The fourth-order valence-corrected chi connectivity index (χ4v) is 1.96. The summed E-state index contributed by atoms with van der Waals surface area (Å²) < 4.78 is 4.86. The van der Waals surface area contributed by atoms with Crippen molar-refractivity contribution in [2.24, 2.45) is 5.92 Å². The molecule has 1 aliphatic rings. The molecule has 0 saturated heterocycles. The van der Waals surface area contributed by atoms with Crippen LogP contribution in [0.1, 0.15) is 20.3 Å². The van der Waals surface area contributed by atoms with E-state index in [0.29, 0.717) is 5.92 Å². The SMILES string of the molecule is C=CC1=CCN(C(CC(C)C)C(=O)OC)C1. The van der Waals surface area contributed by atoms with Crippen molar-refractivity contribution in [3.05, 3.63) is 24.3 Å². The van der Waals surface area contributed by atoms with Crippen LogP contribution in [0, 0.1) is 5.92 Å². The predicted molar refractivity (Wildman–Crippen MR) is 65.1 cm³/mol. The molecule has 1 rings (SSSR count). The van der Waals surface area contributed by atoms with Gasteiger partial charge in [0.1, 0.15) is 6.04 Å². The number of nitrogens with zero attached hydrogens (tertiary/aromatic N) is 1. The number of esters is 1. The van der Waals surface area contributed by atoms with E-state index >= 15 is 0 Å². The summed E-state index contributed by atoms with van der Waals surface area (Å²) in [6, 6.07) is -0.126. The first-order chi connectivity index (χ1) is 7.58. The number of carbonyl (C=O) groups is 1. The molecule has 90 valence electrons. The Labute approximate surface area is 97.8 Å². The summed E-state index contributed by atoms with van der Waals surface area (Å²) in [4.78, 5) is 13.9. The zero-order valence-corrected chi connectivity index (χ0v) is 10.4. The first-order valence-electron chi connectivity index (χ1n) is 5.71. The first kappa shape index (κ1) is 13.0. The van der Waals surface area contributed by atoms with Gasteiger partial charge < -0.3 is 4.74 Å². The van der Waals surface area contributed by atoms with Gasteiger partial charge in [-0.1, -0.05) is 32.6 Å². The van der Waals surface area contributed by atoms with Gasteiger partial charge >= 0.3 is 5.97 Å². The van der Waals surface area contributed by atoms with Gasteiger partial charge in [0.2, 0.25) is 0 Å². The maximum atomic E-state index is 11.7. The zero-order valence-electron chi connectivity index (χ0n) is 10.4. The van der Waals surface area contributed by atoms with Crippen LogP contribution in [0.2, 0.25) is 0 Å². The molecule has 0 aromatic carbocycles. The number of methoxy groups -OCH3 is 1. The largest absolute Gasteiger partial charge is 0.468 e. The highest BCUT2D eigenvalue weighted by atomic mass is 16.5. The number of hydrogen-bond donors (Lipinski definition) is 0. The Balaban J connectivity index is 2.64. The van der Waals surface area contributed by atoms with Crippen LogP contribution in [0.4, 0.5) is 0 Å². The topological polar surface area (TPSA) is 29.5 Å². The van der Waals surface area contributed by atoms with Gasteiger partial charge in [-0.15, -0.1) is 0 Å². The third-order valence-corrected chi connectivity index (χ3v) is 2.84. The highest BCUT2D eigenvalue weighted by molar-refractivity contribution is 5.75. The lowest BCUT2D eigenvalue weighted by Gasteiger charge is -2.26.